The quantitative estimate of drug-likeness (QED) is 0.455. The molecule has 1 amide bonds. The maximum atomic E-state index is 12.2. The first-order valence-electron chi connectivity index (χ1n) is 9.84. The highest BCUT2D eigenvalue weighted by molar-refractivity contribution is 5.92. The van der Waals surface area contributed by atoms with Crippen molar-refractivity contribution in [3.63, 3.8) is 0 Å². The smallest absolute Gasteiger partial charge is 0.228 e. The number of hydrogen-bond donors (Lipinski definition) is 1. The van der Waals surface area contributed by atoms with Crippen LogP contribution in [0.25, 0.3) is 0 Å². The van der Waals surface area contributed by atoms with Gasteiger partial charge in [-0.25, -0.2) is 4.98 Å². The molecular formula is C26H22N2O2. The van der Waals surface area contributed by atoms with Crippen molar-refractivity contribution < 1.29 is 9.53 Å². The van der Waals surface area contributed by atoms with Gasteiger partial charge >= 0.3 is 0 Å². The van der Waals surface area contributed by atoms with Gasteiger partial charge in [0, 0.05) is 6.07 Å². The van der Waals surface area contributed by atoms with Gasteiger partial charge < -0.3 is 10.1 Å². The molecule has 4 nitrogen and oxygen atoms in total. The Morgan fingerprint density at radius 1 is 0.767 bits per heavy atom. The predicted molar refractivity (Wildman–Crippen MR) is 118 cm³/mol. The van der Waals surface area contributed by atoms with Crippen LogP contribution in [0.2, 0.25) is 0 Å². The molecule has 0 saturated carbocycles. The fraction of sp³-hybridized carbons (Fsp3) is 0.0769. The van der Waals surface area contributed by atoms with Crippen LogP contribution >= 0.6 is 0 Å². The number of carbonyl (C=O) groups is 1. The van der Waals surface area contributed by atoms with E-state index in [-0.39, 0.29) is 12.0 Å². The minimum Gasteiger partial charge on any atom is -0.465 e. The van der Waals surface area contributed by atoms with Crippen LogP contribution in [0.4, 0.5) is 5.69 Å². The van der Waals surface area contributed by atoms with Crippen molar-refractivity contribution in [1.29, 1.82) is 0 Å². The van der Waals surface area contributed by atoms with Crippen LogP contribution in [0.5, 0.6) is 5.88 Å². The minimum absolute atomic E-state index is 0.0804. The zero-order chi connectivity index (χ0) is 20.6. The molecule has 0 saturated heterocycles. The molecule has 0 fully saturated rings. The molecule has 3 aromatic carbocycles. The first-order valence-corrected chi connectivity index (χ1v) is 9.84. The summed E-state index contributed by atoms with van der Waals surface area (Å²) < 4.78 is 6.22. The van der Waals surface area contributed by atoms with Crippen LogP contribution in [-0.4, -0.2) is 10.9 Å². The first kappa shape index (κ1) is 19.4. The summed E-state index contributed by atoms with van der Waals surface area (Å²) in [6.07, 6.45) is 1.67. The van der Waals surface area contributed by atoms with Gasteiger partial charge in [-0.15, -0.1) is 0 Å². The van der Waals surface area contributed by atoms with Crippen molar-refractivity contribution in [1.82, 2.24) is 4.98 Å². The SMILES string of the molecule is O=C(Cc1ccccc1)Nc1ccc(OC(c2ccccc2)c2ccccc2)nc1. The molecule has 0 aliphatic rings. The molecule has 4 aromatic rings. The zero-order valence-corrected chi connectivity index (χ0v) is 16.4. The Labute approximate surface area is 176 Å². The molecule has 1 aromatic heterocycles. The molecule has 1 N–H and O–H groups in total. The van der Waals surface area contributed by atoms with E-state index in [9.17, 15) is 4.79 Å². The second kappa shape index (κ2) is 9.52. The fourth-order valence-electron chi connectivity index (χ4n) is 3.22. The summed E-state index contributed by atoms with van der Waals surface area (Å²) in [5.41, 5.74) is 3.70. The number of ether oxygens (including phenoxy) is 1. The Bertz CT molecular complexity index is 1030. The standard InChI is InChI=1S/C26H22N2O2/c29-24(18-20-10-4-1-5-11-20)28-23-16-17-25(27-19-23)30-26(21-12-6-2-7-13-21)22-14-8-3-9-15-22/h1-17,19,26H,18H2,(H,28,29). The lowest BCUT2D eigenvalue weighted by Gasteiger charge is -2.19. The van der Waals surface area contributed by atoms with Gasteiger partial charge in [0.2, 0.25) is 11.8 Å². The van der Waals surface area contributed by atoms with Crippen LogP contribution in [0.15, 0.2) is 109 Å². The second-order valence-electron chi connectivity index (χ2n) is 6.91. The molecule has 148 valence electrons. The van der Waals surface area contributed by atoms with Crippen molar-refractivity contribution in [3.8, 4) is 5.88 Å². The summed E-state index contributed by atoms with van der Waals surface area (Å²) >= 11 is 0. The Morgan fingerprint density at radius 2 is 1.33 bits per heavy atom. The van der Waals surface area contributed by atoms with Gasteiger partial charge in [-0.2, -0.15) is 0 Å². The Balaban J connectivity index is 1.45. The molecule has 4 rings (SSSR count). The maximum absolute atomic E-state index is 12.2. The number of pyridine rings is 1. The number of amides is 1. The van der Waals surface area contributed by atoms with E-state index in [1.54, 1.807) is 18.3 Å². The van der Waals surface area contributed by atoms with Gasteiger partial charge in [0.25, 0.3) is 0 Å². The number of aromatic nitrogens is 1. The summed E-state index contributed by atoms with van der Waals surface area (Å²) in [6, 6.07) is 33.3. The Morgan fingerprint density at radius 3 is 1.87 bits per heavy atom. The molecule has 0 bridgehead atoms. The van der Waals surface area contributed by atoms with E-state index in [4.69, 9.17) is 4.74 Å². The lowest BCUT2D eigenvalue weighted by molar-refractivity contribution is -0.115. The number of benzene rings is 3. The van der Waals surface area contributed by atoms with E-state index in [2.05, 4.69) is 10.3 Å². The van der Waals surface area contributed by atoms with E-state index in [1.807, 2.05) is 91.0 Å². The average Bonchev–Trinajstić information content (AvgIpc) is 2.80. The molecule has 1 heterocycles. The molecule has 0 unspecified atom stereocenters. The van der Waals surface area contributed by atoms with Crippen molar-refractivity contribution >= 4 is 11.6 Å². The number of rotatable bonds is 7. The van der Waals surface area contributed by atoms with E-state index < -0.39 is 0 Å². The van der Waals surface area contributed by atoms with E-state index >= 15 is 0 Å². The highest BCUT2D eigenvalue weighted by Gasteiger charge is 2.16. The van der Waals surface area contributed by atoms with E-state index in [0.29, 0.717) is 18.0 Å². The molecule has 30 heavy (non-hydrogen) atoms. The third-order valence-corrected chi connectivity index (χ3v) is 4.67. The van der Waals surface area contributed by atoms with Crippen LogP contribution in [0.3, 0.4) is 0 Å². The van der Waals surface area contributed by atoms with Crippen molar-refractivity contribution in [2.75, 3.05) is 5.32 Å². The monoisotopic (exact) mass is 394 g/mol. The van der Waals surface area contributed by atoms with Gasteiger partial charge in [-0.05, 0) is 22.8 Å². The Kier molecular flexibility index (Phi) is 6.16. The lowest BCUT2D eigenvalue weighted by atomic mass is 10.0. The summed E-state index contributed by atoms with van der Waals surface area (Å²) in [5, 5.41) is 2.88. The van der Waals surface area contributed by atoms with E-state index in [0.717, 1.165) is 16.7 Å². The highest BCUT2D eigenvalue weighted by atomic mass is 16.5. The largest absolute Gasteiger partial charge is 0.465 e. The van der Waals surface area contributed by atoms with Crippen LogP contribution < -0.4 is 10.1 Å². The topological polar surface area (TPSA) is 51.2 Å². The summed E-state index contributed by atoms with van der Waals surface area (Å²) in [5.74, 6) is 0.414. The lowest BCUT2D eigenvalue weighted by Crippen LogP contribution is -2.14. The average molecular weight is 394 g/mol. The molecule has 4 heteroatoms. The normalized spacial score (nSPS) is 10.6. The van der Waals surface area contributed by atoms with Crippen molar-refractivity contribution in [2.45, 2.75) is 12.5 Å². The predicted octanol–water partition coefficient (Wildman–Crippen LogP) is 5.43. The molecule has 0 atom stereocenters. The summed E-state index contributed by atoms with van der Waals surface area (Å²) in [7, 11) is 0. The number of nitrogens with one attached hydrogen (secondary N) is 1. The van der Waals surface area contributed by atoms with Crippen LogP contribution in [0.1, 0.15) is 22.8 Å². The number of carbonyl (C=O) groups excluding carboxylic acids is 1. The number of hydrogen-bond acceptors (Lipinski definition) is 3. The van der Waals surface area contributed by atoms with Gasteiger partial charge in [-0.1, -0.05) is 91.0 Å². The Hall–Kier alpha value is -3.92. The highest BCUT2D eigenvalue weighted by Crippen LogP contribution is 2.27. The minimum atomic E-state index is -0.265. The molecule has 0 aliphatic heterocycles. The van der Waals surface area contributed by atoms with Crippen LogP contribution in [-0.2, 0) is 11.2 Å². The van der Waals surface area contributed by atoms with Gasteiger partial charge in [0.05, 0.1) is 18.3 Å². The number of nitrogens with zero attached hydrogens (tertiary/aromatic N) is 1. The third kappa shape index (κ3) is 5.11. The molecular weight excluding hydrogens is 372 g/mol. The van der Waals surface area contributed by atoms with E-state index in [1.165, 1.54) is 0 Å². The van der Waals surface area contributed by atoms with Gasteiger partial charge in [-0.3, -0.25) is 4.79 Å². The third-order valence-electron chi connectivity index (χ3n) is 4.67. The first-order chi connectivity index (χ1) is 14.8. The van der Waals surface area contributed by atoms with Gasteiger partial charge in [0.1, 0.15) is 0 Å². The second-order valence-corrected chi connectivity index (χ2v) is 6.91. The molecule has 0 aliphatic carbocycles. The summed E-state index contributed by atoms with van der Waals surface area (Å²) in [4.78, 5) is 16.6. The van der Waals surface area contributed by atoms with Crippen LogP contribution in [0, 0.1) is 0 Å². The molecule has 0 radical (unpaired) electrons. The fourth-order valence-corrected chi connectivity index (χ4v) is 3.22. The van der Waals surface area contributed by atoms with Crippen molar-refractivity contribution in [2.24, 2.45) is 0 Å². The van der Waals surface area contributed by atoms with Gasteiger partial charge in [0.15, 0.2) is 6.10 Å². The molecule has 0 spiro atoms. The number of anilines is 1. The maximum Gasteiger partial charge on any atom is 0.228 e. The van der Waals surface area contributed by atoms with Crippen molar-refractivity contribution in [3.05, 3.63) is 126 Å². The summed E-state index contributed by atoms with van der Waals surface area (Å²) in [6.45, 7) is 0. The zero-order valence-electron chi connectivity index (χ0n) is 16.4.